The topological polar surface area (TPSA) is 0 Å². The van der Waals surface area contributed by atoms with Crippen LogP contribution in [0.15, 0.2) is 0 Å². The third-order valence-electron chi connectivity index (χ3n) is 3.93. The normalized spacial score (nSPS) is 60.4. The molecule has 0 aromatic rings. The van der Waals surface area contributed by atoms with Crippen LogP contribution in [0.2, 0.25) is 3.80 Å². The monoisotopic (exact) mass is 330 g/mol. The summed E-state index contributed by atoms with van der Waals surface area (Å²) < 4.78 is 0.773. The van der Waals surface area contributed by atoms with Crippen LogP contribution in [-0.2, 0) is 19.8 Å². The van der Waals surface area contributed by atoms with E-state index in [1.165, 1.54) is 0 Å². The second-order valence-corrected chi connectivity index (χ2v) is 7.41. The average molecular weight is 330 g/mol. The minimum absolute atomic E-state index is 0.773. The number of hydrogen-bond acceptors (Lipinski definition) is 0. The van der Waals surface area contributed by atoms with Gasteiger partial charge in [-0.3, -0.25) is 0 Å². The van der Waals surface area contributed by atoms with Crippen molar-refractivity contribution in [1.82, 2.24) is 0 Å². The molecule has 65 valence electrons. The molecule has 0 N–H and O–H groups in total. The van der Waals surface area contributed by atoms with E-state index in [0.29, 0.717) is 0 Å². The van der Waals surface area contributed by atoms with E-state index in [1.807, 2.05) is 0 Å². The summed E-state index contributed by atoms with van der Waals surface area (Å²) in [4.78, 5) is 0. The van der Waals surface area contributed by atoms with Gasteiger partial charge in [-0.15, -0.1) is 0 Å². The quantitative estimate of drug-likeness (QED) is 0.641. The van der Waals surface area contributed by atoms with Crippen LogP contribution in [0.4, 0.5) is 0 Å². The predicted octanol–water partition coefficient (Wildman–Crippen LogP) is 2.92. The van der Waals surface area contributed by atoms with Gasteiger partial charge in [0, 0.05) is 0 Å². The van der Waals surface area contributed by atoms with Crippen LogP contribution in [0.5, 0.6) is 0 Å². The molecule has 0 heterocycles. The fourth-order valence-electron chi connectivity index (χ4n) is 3.95. The molecular weight excluding hydrogens is 315 g/mol. The van der Waals surface area contributed by atoms with Crippen LogP contribution in [0.1, 0.15) is 38.5 Å². The molecule has 4 bridgehead atoms. The Morgan fingerprint density at radius 3 is 1.45 bits per heavy atom. The molecule has 0 amide bonds. The Morgan fingerprint density at radius 1 is 0.818 bits per heavy atom. The summed E-state index contributed by atoms with van der Waals surface area (Å²) in [5.74, 6) is 3.41. The molecule has 0 radical (unpaired) electrons. The van der Waals surface area contributed by atoms with Crippen molar-refractivity contribution in [1.29, 1.82) is 0 Å². The predicted molar refractivity (Wildman–Crippen MR) is 40.9 cm³/mol. The summed E-state index contributed by atoms with van der Waals surface area (Å²) in [7, 11) is 0. The Hall–Kier alpha value is 0.688. The van der Waals surface area contributed by atoms with Crippen LogP contribution in [0, 0.1) is 17.8 Å². The van der Waals surface area contributed by atoms with E-state index in [-0.39, 0.29) is 0 Å². The van der Waals surface area contributed by atoms with Crippen LogP contribution in [0.3, 0.4) is 0 Å². The van der Waals surface area contributed by atoms with Gasteiger partial charge in [0.25, 0.3) is 0 Å². The van der Waals surface area contributed by atoms with Gasteiger partial charge in [-0.1, -0.05) is 0 Å². The van der Waals surface area contributed by atoms with E-state index in [4.69, 9.17) is 0 Å². The van der Waals surface area contributed by atoms with Crippen molar-refractivity contribution in [2.45, 2.75) is 42.3 Å². The van der Waals surface area contributed by atoms with Crippen LogP contribution in [-0.4, -0.2) is 0 Å². The molecule has 4 fully saturated rings. The van der Waals surface area contributed by atoms with Crippen molar-refractivity contribution in [2.24, 2.45) is 17.8 Å². The summed E-state index contributed by atoms with van der Waals surface area (Å²) in [6, 6.07) is 0. The van der Waals surface area contributed by atoms with E-state index in [1.54, 1.807) is 38.5 Å². The summed E-state index contributed by atoms with van der Waals surface area (Å²) in [6.07, 6.45) is 9.43. The summed E-state index contributed by atoms with van der Waals surface area (Å²) in [6.45, 7) is 0. The van der Waals surface area contributed by atoms with Crippen LogP contribution < -0.4 is 0 Å². The van der Waals surface area contributed by atoms with Gasteiger partial charge in [0.2, 0.25) is 0 Å². The fraction of sp³-hybridized carbons (Fsp3) is 1.00. The zero-order valence-corrected chi connectivity index (χ0v) is 9.06. The van der Waals surface area contributed by atoms with Crippen molar-refractivity contribution in [3.8, 4) is 0 Å². The average Bonchev–Trinajstić information content (AvgIpc) is 1.79. The maximum atomic E-state index is 2.75. The standard InChI is InChI=1S/C10H15.Pt/c1-7-2-9-4-8(1)5-10(3-7)6-9;/h7-9H,1-6H2;. The van der Waals surface area contributed by atoms with Crippen LogP contribution >= 0.6 is 0 Å². The molecule has 11 heavy (non-hydrogen) atoms. The molecule has 0 aliphatic heterocycles. The molecule has 1 heteroatoms. The SMILES string of the molecule is [Pt][C]12CC3CC(CC(C3)C1)C2. The molecular formula is C10H15Pt. The van der Waals surface area contributed by atoms with Crippen molar-refractivity contribution < 1.29 is 19.8 Å². The van der Waals surface area contributed by atoms with Gasteiger partial charge >= 0.3 is 79.9 Å². The zero-order chi connectivity index (χ0) is 7.47. The Balaban J connectivity index is 1.94. The minimum atomic E-state index is 0.773. The summed E-state index contributed by atoms with van der Waals surface area (Å²) in [5.41, 5.74) is 0. The fourth-order valence-corrected chi connectivity index (χ4v) is 5.92. The first kappa shape index (κ1) is 7.13. The molecule has 0 saturated heterocycles. The zero-order valence-electron chi connectivity index (χ0n) is 6.79. The Kier molecular flexibility index (Phi) is 1.38. The Bertz CT molecular complexity index is 150. The van der Waals surface area contributed by atoms with Gasteiger partial charge in [0.15, 0.2) is 0 Å². The maximum absolute atomic E-state index is 2.75. The second kappa shape index (κ2) is 2.13. The first-order valence-corrected chi connectivity index (χ1v) is 6.03. The van der Waals surface area contributed by atoms with Gasteiger partial charge in [-0.2, -0.15) is 0 Å². The Morgan fingerprint density at radius 2 is 1.18 bits per heavy atom. The molecule has 0 atom stereocenters. The van der Waals surface area contributed by atoms with E-state index < -0.39 is 0 Å². The van der Waals surface area contributed by atoms with Crippen molar-refractivity contribution in [2.75, 3.05) is 0 Å². The van der Waals surface area contributed by atoms with Gasteiger partial charge < -0.3 is 0 Å². The first-order chi connectivity index (χ1) is 5.23. The molecule has 4 aliphatic carbocycles. The first-order valence-electron chi connectivity index (χ1n) is 4.89. The van der Waals surface area contributed by atoms with E-state index in [2.05, 4.69) is 19.8 Å². The van der Waals surface area contributed by atoms with Crippen molar-refractivity contribution in [3.05, 3.63) is 0 Å². The second-order valence-electron chi connectivity index (χ2n) is 5.00. The molecule has 4 saturated carbocycles. The van der Waals surface area contributed by atoms with Crippen molar-refractivity contribution >= 4 is 0 Å². The molecule has 0 aromatic carbocycles. The van der Waals surface area contributed by atoms with E-state index in [0.717, 1.165) is 21.6 Å². The summed E-state index contributed by atoms with van der Waals surface area (Å²) in [5, 5.41) is 0. The number of hydrogen-bond donors (Lipinski definition) is 0. The molecule has 4 rings (SSSR count). The van der Waals surface area contributed by atoms with Gasteiger partial charge in [0.05, 0.1) is 0 Å². The molecule has 0 unspecified atom stereocenters. The molecule has 0 spiro atoms. The molecule has 0 aromatic heterocycles. The van der Waals surface area contributed by atoms with Gasteiger partial charge in [-0.25, -0.2) is 0 Å². The summed E-state index contributed by atoms with van der Waals surface area (Å²) >= 11 is 2.75. The van der Waals surface area contributed by atoms with Gasteiger partial charge in [0.1, 0.15) is 0 Å². The third-order valence-corrected chi connectivity index (χ3v) is 5.32. The Labute approximate surface area is 80.0 Å². The third kappa shape index (κ3) is 1.05. The van der Waals surface area contributed by atoms with Crippen LogP contribution in [0.25, 0.3) is 0 Å². The van der Waals surface area contributed by atoms with Gasteiger partial charge in [-0.05, 0) is 0 Å². The van der Waals surface area contributed by atoms with Crippen molar-refractivity contribution in [3.63, 3.8) is 0 Å². The van der Waals surface area contributed by atoms with E-state index >= 15 is 0 Å². The molecule has 0 nitrogen and oxygen atoms in total. The van der Waals surface area contributed by atoms with E-state index in [9.17, 15) is 0 Å². The number of rotatable bonds is 0. The molecule has 4 aliphatic rings.